The van der Waals surface area contributed by atoms with Gasteiger partial charge in [-0.25, -0.2) is 0 Å². The van der Waals surface area contributed by atoms with Crippen LogP contribution in [0.3, 0.4) is 0 Å². The first kappa shape index (κ1) is 16.1. The molecule has 0 aromatic carbocycles. The Morgan fingerprint density at radius 1 is 1.38 bits per heavy atom. The molecule has 1 N–H and O–H groups in total. The van der Waals surface area contributed by atoms with E-state index in [1.54, 1.807) is 0 Å². The standard InChI is InChI=1S/C4H10.Na.H3O2P.H/c1-3-4-2;;1-3-2;/h3-4H2,1-2H3;;3H2,(H,1,2);. The molecule has 8 heavy (non-hydrogen) atoms. The van der Waals surface area contributed by atoms with E-state index < -0.39 is 8.69 Å². The van der Waals surface area contributed by atoms with Gasteiger partial charge in [-0.2, -0.15) is 0 Å². The molecule has 4 heteroatoms. The molecule has 1 atom stereocenters. The Hall–Kier alpha value is 1.19. The summed E-state index contributed by atoms with van der Waals surface area (Å²) < 4.78 is 8.57. The molecule has 0 aliphatic carbocycles. The second kappa shape index (κ2) is 24.1. The van der Waals surface area contributed by atoms with Gasteiger partial charge < -0.3 is 4.89 Å². The maximum atomic E-state index is 8.57. The average Bonchev–Trinajstić information content (AvgIpc) is 1.69. The van der Waals surface area contributed by atoms with E-state index in [1.165, 1.54) is 12.8 Å². The first-order chi connectivity index (χ1) is 3.33. The summed E-state index contributed by atoms with van der Waals surface area (Å²) in [4.78, 5) is 7.10. The molecule has 0 radical (unpaired) electrons. The molecule has 0 rings (SSSR count). The molecule has 0 aromatic rings. The molecule has 0 amide bonds. The van der Waals surface area contributed by atoms with Gasteiger partial charge in [0.05, 0.1) is 0 Å². The van der Waals surface area contributed by atoms with Crippen molar-refractivity contribution in [1.82, 2.24) is 0 Å². The van der Waals surface area contributed by atoms with Crippen molar-refractivity contribution in [3.63, 3.8) is 0 Å². The Bertz CT molecular complexity index is 33.2. The third-order valence-electron chi connectivity index (χ3n) is 0.500. The minimum absolute atomic E-state index is 0. The van der Waals surface area contributed by atoms with Crippen LogP contribution in [0.15, 0.2) is 0 Å². The molecule has 0 saturated carbocycles. The summed E-state index contributed by atoms with van der Waals surface area (Å²) in [5.74, 6) is 0. The molecule has 0 saturated heterocycles. The topological polar surface area (TPSA) is 37.3 Å². The summed E-state index contributed by atoms with van der Waals surface area (Å²) >= 11 is 0. The summed E-state index contributed by atoms with van der Waals surface area (Å²) in [6.45, 7) is 4.36. The van der Waals surface area contributed by atoms with Gasteiger partial charge in [0.1, 0.15) is 0 Å². The Morgan fingerprint density at radius 2 is 1.50 bits per heavy atom. The second-order valence-corrected chi connectivity index (χ2v) is 1.32. The van der Waals surface area contributed by atoms with Crippen LogP contribution in [0.25, 0.3) is 0 Å². The van der Waals surface area contributed by atoms with Gasteiger partial charge in [0.15, 0.2) is 8.69 Å². The van der Waals surface area contributed by atoms with Crippen molar-refractivity contribution < 1.29 is 9.46 Å². The Balaban J connectivity index is -0.0000000575. The number of unbranched alkanes of at least 4 members (excludes halogenated alkanes) is 1. The monoisotopic (exact) mass is 148 g/mol. The van der Waals surface area contributed by atoms with Gasteiger partial charge in [0.2, 0.25) is 0 Å². The van der Waals surface area contributed by atoms with Crippen molar-refractivity contribution in [3.8, 4) is 0 Å². The zero-order chi connectivity index (χ0) is 6.12. The molecule has 0 bridgehead atoms. The van der Waals surface area contributed by atoms with Crippen LogP contribution in [0, 0.1) is 0 Å². The molecule has 0 fully saturated rings. The summed E-state index contributed by atoms with van der Waals surface area (Å²) in [6.07, 6.45) is 2.64. The normalized spacial score (nSPS) is 7.38. The number of hydrogen-bond acceptors (Lipinski definition) is 1. The summed E-state index contributed by atoms with van der Waals surface area (Å²) in [5, 5.41) is 0. The predicted molar refractivity (Wildman–Crippen MR) is 40.3 cm³/mol. The van der Waals surface area contributed by atoms with Gasteiger partial charge >= 0.3 is 29.6 Å². The van der Waals surface area contributed by atoms with Crippen LogP contribution in [0.5, 0.6) is 0 Å². The van der Waals surface area contributed by atoms with Crippen molar-refractivity contribution >= 4 is 38.2 Å². The number of rotatable bonds is 1. The third kappa shape index (κ3) is 57.4. The Morgan fingerprint density at radius 3 is 1.50 bits per heavy atom. The van der Waals surface area contributed by atoms with E-state index in [0.717, 1.165) is 0 Å². The van der Waals surface area contributed by atoms with E-state index >= 15 is 0 Å². The fourth-order valence-corrected chi connectivity index (χ4v) is 0. The zero-order valence-corrected chi connectivity index (χ0v) is 6.00. The van der Waals surface area contributed by atoms with Crippen LogP contribution in [0.2, 0.25) is 0 Å². The van der Waals surface area contributed by atoms with Gasteiger partial charge in [-0.15, -0.1) is 0 Å². The molecule has 0 aliphatic heterocycles. The molecular weight excluding hydrogens is 134 g/mol. The Kier molecular flexibility index (Phi) is 48.5. The molecule has 2 nitrogen and oxygen atoms in total. The third-order valence-corrected chi connectivity index (χ3v) is 0.500. The summed E-state index contributed by atoms with van der Waals surface area (Å²) in [7, 11) is -1.50. The van der Waals surface area contributed by atoms with Crippen LogP contribution in [0.1, 0.15) is 26.7 Å². The van der Waals surface area contributed by atoms with Crippen molar-refractivity contribution in [1.29, 1.82) is 0 Å². The van der Waals surface area contributed by atoms with Crippen molar-refractivity contribution in [3.05, 3.63) is 0 Å². The second-order valence-electron chi connectivity index (χ2n) is 1.11. The minimum atomic E-state index is -1.50. The van der Waals surface area contributed by atoms with E-state index in [0.29, 0.717) is 0 Å². The van der Waals surface area contributed by atoms with E-state index in [-0.39, 0.29) is 29.6 Å². The average molecular weight is 148 g/mol. The fraction of sp³-hybridized carbons (Fsp3) is 1.00. The molecule has 48 valence electrons. The van der Waals surface area contributed by atoms with Crippen molar-refractivity contribution in [2.24, 2.45) is 0 Å². The molecule has 0 heterocycles. The maximum absolute atomic E-state index is 8.57. The SMILES string of the molecule is CCCC.O=[PH2]O.[NaH]. The van der Waals surface area contributed by atoms with Gasteiger partial charge in [-0.05, 0) is 0 Å². The van der Waals surface area contributed by atoms with E-state index in [9.17, 15) is 0 Å². The summed E-state index contributed by atoms with van der Waals surface area (Å²) in [6, 6.07) is 0. The van der Waals surface area contributed by atoms with Gasteiger partial charge in [-0.1, -0.05) is 26.7 Å². The van der Waals surface area contributed by atoms with Crippen molar-refractivity contribution in [2.75, 3.05) is 0 Å². The number of hydrogen-bond donors (Lipinski definition) is 1. The van der Waals surface area contributed by atoms with Gasteiger partial charge in [0, 0.05) is 0 Å². The van der Waals surface area contributed by atoms with Crippen LogP contribution in [-0.4, -0.2) is 34.5 Å². The van der Waals surface area contributed by atoms with Crippen LogP contribution in [0.4, 0.5) is 0 Å². The van der Waals surface area contributed by atoms with E-state index in [4.69, 9.17) is 9.46 Å². The molecule has 0 spiro atoms. The summed E-state index contributed by atoms with van der Waals surface area (Å²) in [5.41, 5.74) is 0. The quantitative estimate of drug-likeness (QED) is 0.441. The van der Waals surface area contributed by atoms with Crippen LogP contribution >= 0.6 is 8.69 Å². The van der Waals surface area contributed by atoms with Crippen molar-refractivity contribution in [2.45, 2.75) is 26.7 Å². The molecule has 0 aliphatic rings. The molecule has 1 unspecified atom stereocenters. The van der Waals surface area contributed by atoms with E-state index in [1.807, 2.05) is 0 Å². The zero-order valence-electron chi connectivity index (χ0n) is 4.85. The first-order valence-electron chi connectivity index (χ1n) is 2.41. The molecule has 0 aromatic heterocycles. The molecular formula is C4H14NaO2P. The Labute approximate surface area is 74.3 Å². The van der Waals surface area contributed by atoms with Gasteiger partial charge in [-0.3, -0.25) is 4.57 Å². The van der Waals surface area contributed by atoms with Gasteiger partial charge in [0.25, 0.3) is 0 Å². The predicted octanol–water partition coefficient (Wildman–Crippen LogP) is 0.808. The van der Waals surface area contributed by atoms with E-state index in [2.05, 4.69) is 13.8 Å². The van der Waals surface area contributed by atoms with Crippen LogP contribution < -0.4 is 0 Å². The fourth-order valence-electron chi connectivity index (χ4n) is 0. The van der Waals surface area contributed by atoms with Crippen LogP contribution in [-0.2, 0) is 4.57 Å². The first-order valence-corrected chi connectivity index (χ1v) is 3.40.